The maximum atomic E-state index is 12.7. The molecule has 0 aromatic carbocycles. The summed E-state index contributed by atoms with van der Waals surface area (Å²) in [5, 5.41) is 11.6. The lowest BCUT2D eigenvalue weighted by Crippen LogP contribution is -2.55. The molecule has 0 amide bonds. The van der Waals surface area contributed by atoms with Gasteiger partial charge in [0.15, 0.2) is 6.10 Å². The third kappa shape index (κ3) is 38.7. The number of carbonyl (C=O) groups excluding carboxylic acids is 3. The molecule has 0 aromatic rings. The van der Waals surface area contributed by atoms with Crippen LogP contribution in [0, 0.1) is 0 Å². The van der Waals surface area contributed by atoms with Crippen molar-refractivity contribution in [3.63, 3.8) is 0 Å². The molecular weight excluding hydrogens is 751 g/mol. The molecule has 0 radical (unpaired) electrons. The van der Waals surface area contributed by atoms with Crippen LogP contribution in [0.1, 0.15) is 110 Å². The number of carboxylic acid groups (broad SMARTS) is 1. The second kappa shape index (κ2) is 41.0. The summed E-state index contributed by atoms with van der Waals surface area (Å²) in [6.45, 7) is 4.21. The van der Waals surface area contributed by atoms with Crippen LogP contribution in [-0.4, -0.2) is 75.5 Å². The molecule has 0 aliphatic carbocycles. The molecule has 0 N–H and O–H groups in total. The van der Waals surface area contributed by atoms with Crippen molar-refractivity contribution < 1.29 is 38.2 Å². The van der Waals surface area contributed by atoms with Crippen molar-refractivity contribution in [3.8, 4) is 0 Å². The van der Waals surface area contributed by atoms with Crippen LogP contribution in [-0.2, 0) is 28.6 Å². The summed E-state index contributed by atoms with van der Waals surface area (Å²) in [6.07, 6.45) is 60.4. The molecule has 0 aliphatic heterocycles. The van der Waals surface area contributed by atoms with Gasteiger partial charge < -0.3 is 28.6 Å². The normalized spacial score (nSPS) is 14.3. The van der Waals surface area contributed by atoms with Gasteiger partial charge in [-0.3, -0.25) is 9.59 Å². The third-order valence-corrected chi connectivity index (χ3v) is 8.60. The Kier molecular flexibility index (Phi) is 37.7. The van der Waals surface area contributed by atoms with E-state index in [-0.39, 0.29) is 49.5 Å². The number of quaternary nitrogens is 1. The van der Waals surface area contributed by atoms with E-state index < -0.39 is 24.1 Å². The van der Waals surface area contributed by atoms with E-state index in [0.717, 1.165) is 57.8 Å². The number of unbranched alkanes of at least 4 members (excludes halogenated alkanes) is 2. The minimum absolute atomic E-state index is 0.0183. The highest BCUT2D eigenvalue weighted by Gasteiger charge is 2.25. The summed E-state index contributed by atoms with van der Waals surface area (Å²) in [5.74, 6) is -1.94. The molecule has 0 aromatic heterocycles. The molecule has 0 aliphatic rings. The fraction of sp³-hybridized carbons (Fsp3) is 0.481. The Morgan fingerprint density at radius 1 is 0.517 bits per heavy atom. The highest BCUT2D eigenvalue weighted by atomic mass is 16.6. The summed E-state index contributed by atoms with van der Waals surface area (Å²) in [6, 6.07) is -0.757. The molecule has 0 saturated carbocycles. The van der Waals surface area contributed by atoms with Crippen molar-refractivity contribution in [2.75, 3.05) is 41.0 Å². The summed E-state index contributed by atoms with van der Waals surface area (Å²) in [5.41, 5.74) is 0. The number of nitrogens with zero attached hydrogens (tertiary/aromatic N) is 1. The Hall–Kier alpha value is -4.79. The fourth-order valence-electron chi connectivity index (χ4n) is 5.26. The van der Waals surface area contributed by atoms with Crippen LogP contribution >= 0.6 is 0 Å². The Bertz CT molecular complexity index is 1480. The predicted octanol–water partition coefficient (Wildman–Crippen LogP) is 10.8. The van der Waals surface area contributed by atoms with Crippen LogP contribution in [0.15, 0.2) is 146 Å². The van der Waals surface area contributed by atoms with E-state index in [0.29, 0.717) is 19.3 Å². The quantitative estimate of drug-likeness (QED) is 0.0204. The Morgan fingerprint density at radius 2 is 0.933 bits per heavy atom. The lowest BCUT2D eigenvalue weighted by Gasteiger charge is -2.34. The van der Waals surface area contributed by atoms with E-state index in [1.165, 1.54) is 0 Å². The second-order valence-electron chi connectivity index (χ2n) is 14.9. The van der Waals surface area contributed by atoms with Gasteiger partial charge in [0.2, 0.25) is 0 Å². The Morgan fingerprint density at radius 3 is 1.40 bits per heavy atom. The van der Waals surface area contributed by atoms with Gasteiger partial charge in [0.05, 0.1) is 40.3 Å². The first kappa shape index (κ1) is 55.2. The van der Waals surface area contributed by atoms with E-state index in [4.69, 9.17) is 14.2 Å². The standard InChI is InChI=1S/C52H77NO7/c1-6-8-10-12-14-16-18-20-21-22-23-24-25-26-27-28-29-31-32-34-36-38-40-42-50(54)59-47-48(46-58-45-44-49(52(56)57)53(3,4)5)60-51(55)43-41-39-37-35-33-30-19-17-15-13-11-9-7-2/h8-11,13-17,19-21,23-24,26-27,29-31,33-37,48-49H,6-7,12,18,22,25,28,32,38-47H2,1-5H3/b10-8+,11-9+,15-13+,16-14+,19-17+,21-20+,24-23+,27-26+,31-29+,33-30+,36-34+,37-35+. The number of hydrogen-bond acceptors (Lipinski definition) is 7. The molecule has 0 spiro atoms. The summed E-state index contributed by atoms with van der Waals surface area (Å²) >= 11 is 0. The van der Waals surface area contributed by atoms with Crippen molar-refractivity contribution in [2.24, 2.45) is 0 Å². The van der Waals surface area contributed by atoms with Gasteiger partial charge in [-0.2, -0.15) is 0 Å². The Labute approximate surface area is 364 Å². The average Bonchev–Trinajstić information content (AvgIpc) is 3.21. The van der Waals surface area contributed by atoms with Gasteiger partial charge in [0.25, 0.3) is 0 Å². The zero-order chi connectivity index (χ0) is 44.2. The van der Waals surface area contributed by atoms with E-state index >= 15 is 0 Å². The van der Waals surface area contributed by atoms with Gasteiger partial charge in [-0.25, -0.2) is 0 Å². The summed E-state index contributed by atoms with van der Waals surface area (Å²) in [7, 11) is 5.34. The molecule has 2 atom stereocenters. The topological polar surface area (TPSA) is 102 Å². The second-order valence-corrected chi connectivity index (χ2v) is 14.9. The molecular formula is C52H77NO7. The number of esters is 2. The SMILES string of the molecule is CC/C=C/C=C/C=C/C=C/C=C/CCCC(=O)OC(COCCC(C(=O)[O-])[N+](C)(C)C)COC(=O)CCC/C=C/C/C=C/C/C=C/C/C=C/C/C=C/C/C=C/C/C=C/CC. The zero-order valence-electron chi connectivity index (χ0n) is 37.5. The highest BCUT2D eigenvalue weighted by Crippen LogP contribution is 2.10. The number of carboxylic acids is 1. The number of likely N-dealkylation sites (N-methyl/N-ethyl adjacent to an activating group) is 1. The molecule has 8 heteroatoms. The summed E-state index contributed by atoms with van der Waals surface area (Å²) in [4.78, 5) is 36.8. The smallest absolute Gasteiger partial charge is 0.306 e. The molecule has 60 heavy (non-hydrogen) atoms. The van der Waals surface area contributed by atoms with Gasteiger partial charge in [-0.15, -0.1) is 0 Å². The van der Waals surface area contributed by atoms with Gasteiger partial charge in [-0.05, 0) is 77.0 Å². The van der Waals surface area contributed by atoms with Crippen molar-refractivity contribution in [1.82, 2.24) is 0 Å². The van der Waals surface area contributed by atoms with Crippen LogP contribution in [0.25, 0.3) is 0 Å². The van der Waals surface area contributed by atoms with Gasteiger partial charge >= 0.3 is 11.9 Å². The van der Waals surface area contributed by atoms with E-state index in [1.54, 1.807) is 21.1 Å². The molecule has 0 heterocycles. The number of aliphatic carboxylic acids is 1. The molecule has 2 unspecified atom stereocenters. The molecule has 332 valence electrons. The maximum absolute atomic E-state index is 12.7. The molecule has 0 fully saturated rings. The number of allylic oxidation sites excluding steroid dienone is 24. The number of ether oxygens (including phenoxy) is 3. The zero-order valence-corrected chi connectivity index (χ0v) is 37.5. The molecule has 0 bridgehead atoms. The van der Waals surface area contributed by atoms with Crippen LogP contribution in [0.4, 0.5) is 0 Å². The van der Waals surface area contributed by atoms with E-state index in [1.807, 2.05) is 54.7 Å². The van der Waals surface area contributed by atoms with Gasteiger partial charge in [0, 0.05) is 19.3 Å². The lowest BCUT2D eigenvalue weighted by atomic mass is 10.1. The van der Waals surface area contributed by atoms with Gasteiger partial charge in [-0.1, -0.05) is 160 Å². The molecule has 8 nitrogen and oxygen atoms in total. The van der Waals surface area contributed by atoms with Gasteiger partial charge in [0.1, 0.15) is 12.6 Å². The van der Waals surface area contributed by atoms with Crippen molar-refractivity contribution in [2.45, 2.75) is 122 Å². The third-order valence-electron chi connectivity index (χ3n) is 8.60. The monoisotopic (exact) mass is 828 g/mol. The first-order chi connectivity index (χ1) is 29.1. The van der Waals surface area contributed by atoms with Crippen LogP contribution in [0.2, 0.25) is 0 Å². The molecule has 0 rings (SSSR count). The lowest BCUT2D eigenvalue weighted by molar-refractivity contribution is -0.889. The molecule has 0 saturated heterocycles. The van der Waals surface area contributed by atoms with Crippen LogP contribution in [0.5, 0.6) is 0 Å². The van der Waals surface area contributed by atoms with Crippen LogP contribution in [0.3, 0.4) is 0 Å². The summed E-state index contributed by atoms with van der Waals surface area (Å²) < 4.78 is 17.0. The number of rotatable bonds is 36. The Balaban J connectivity index is 4.54. The van der Waals surface area contributed by atoms with Crippen molar-refractivity contribution >= 4 is 17.9 Å². The number of carbonyl (C=O) groups is 3. The largest absolute Gasteiger partial charge is 0.544 e. The van der Waals surface area contributed by atoms with E-state index in [9.17, 15) is 19.5 Å². The minimum Gasteiger partial charge on any atom is -0.544 e. The predicted molar refractivity (Wildman–Crippen MR) is 249 cm³/mol. The van der Waals surface area contributed by atoms with Crippen molar-refractivity contribution in [1.29, 1.82) is 0 Å². The average molecular weight is 828 g/mol. The minimum atomic E-state index is -1.15. The van der Waals surface area contributed by atoms with Crippen molar-refractivity contribution in [3.05, 3.63) is 146 Å². The highest BCUT2D eigenvalue weighted by molar-refractivity contribution is 5.70. The van der Waals surface area contributed by atoms with E-state index in [2.05, 4.69) is 105 Å². The first-order valence-corrected chi connectivity index (χ1v) is 21.9. The van der Waals surface area contributed by atoms with Crippen LogP contribution < -0.4 is 5.11 Å². The first-order valence-electron chi connectivity index (χ1n) is 21.9. The number of hydrogen-bond donors (Lipinski definition) is 0. The maximum Gasteiger partial charge on any atom is 0.306 e. The fourth-order valence-corrected chi connectivity index (χ4v) is 5.26.